The van der Waals surface area contributed by atoms with Gasteiger partial charge in [0.2, 0.25) is 0 Å². The predicted octanol–water partition coefficient (Wildman–Crippen LogP) is 0.867. The predicted molar refractivity (Wildman–Crippen MR) is 46.1 cm³/mol. The van der Waals surface area contributed by atoms with Crippen LogP contribution < -0.4 is 5.73 Å². The molecule has 13 heavy (non-hydrogen) atoms. The highest BCUT2D eigenvalue weighted by Crippen LogP contribution is 2.11. The number of hydrogen-bond acceptors (Lipinski definition) is 4. The minimum Gasteiger partial charge on any atom is -0.322 e. The Balaban J connectivity index is 2.91. The molecule has 4 heteroatoms. The highest BCUT2D eigenvalue weighted by atomic mass is 14.8. The fraction of sp³-hybridized carbons (Fsp3) is 0.222. The van der Waals surface area contributed by atoms with Crippen LogP contribution in [0.25, 0.3) is 0 Å². The van der Waals surface area contributed by atoms with Crippen molar-refractivity contribution >= 4 is 0 Å². The first-order valence-electron chi connectivity index (χ1n) is 3.76. The molecule has 0 saturated carbocycles. The highest BCUT2D eigenvalue weighted by Gasteiger charge is 2.06. The number of nitrogens with zero attached hydrogens (tertiary/aromatic N) is 3. The largest absolute Gasteiger partial charge is 0.322 e. The number of rotatable bonds is 2. The normalized spacial score (nSPS) is 11.3. The third kappa shape index (κ3) is 2.26. The van der Waals surface area contributed by atoms with Crippen LogP contribution in [0.1, 0.15) is 23.7 Å². The number of pyridine rings is 1. The van der Waals surface area contributed by atoms with Crippen LogP contribution in [0.3, 0.4) is 0 Å². The molecule has 0 bridgehead atoms. The van der Waals surface area contributed by atoms with Gasteiger partial charge in [0, 0.05) is 6.20 Å². The Morgan fingerprint density at radius 1 is 1.54 bits per heavy atom. The van der Waals surface area contributed by atoms with Gasteiger partial charge in [-0.1, -0.05) is 0 Å². The quantitative estimate of drug-likeness (QED) is 0.716. The third-order valence-electron chi connectivity index (χ3n) is 1.60. The molecule has 0 fully saturated rings. The van der Waals surface area contributed by atoms with Gasteiger partial charge in [0.15, 0.2) is 0 Å². The molecule has 2 N–H and O–H groups in total. The Labute approximate surface area is 76.2 Å². The van der Waals surface area contributed by atoms with Crippen LogP contribution in [0.4, 0.5) is 0 Å². The van der Waals surface area contributed by atoms with Gasteiger partial charge in [-0.15, -0.1) is 0 Å². The monoisotopic (exact) mass is 172 g/mol. The van der Waals surface area contributed by atoms with Crippen LogP contribution in [0.15, 0.2) is 18.3 Å². The van der Waals surface area contributed by atoms with E-state index in [1.807, 2.05) is 12.1 Å². The second kappa shape index (κ2) is 4.20. The molecule has 1 unspecified atom stereocenters. The van der Waals surface area contributed by atoms with Gasteiger partial charge in [-0.25, -0.2) is 0 Å². The zero-order valence-corrected chi connectivity index (χ0v) is 6.94. The number of hydrogen-bond donors (Lipinski definition) is 1. The second-order valence-corrected chi connectivity index (χ2v) is 2.55. The lowest BCUT2D eigenvalue weighted by Crippen LogP contribution is -2.11. The maximum atomic E-state index is 8.59. The van der Waals surface area contributed by atoms with Gasteiger partial charge in [-0.2, -0.15) is 10.5 Å². The molecule has 1 atom stereocenters. The van der Waals surface area contributed by atoms with Crippen LogP contribution in [-0.2, 0) is 0 Å². The maximum Gasteiger partial charge on any atom is 0.0992 e. The zero-order chi connectivity index (χ0) is 9.68. The van der Waals surface area contributed by atoms with E-state index in [1.165, 1.54) is 6.20 Å². The standard InChI is InChI=1S/C9H8N4/c10-3-1-8(12)9-5-7(6-11)2-4-13-9/h2,4-5,8H,1,12H2. The van der Waals surface area contributed by atoms with Gasteiger partial charge in [0.1, 0.15) is 0 Å². The Morgan fingerprint density at radius 2 is 2.31 bits per heavy atom. The molecule has 0 aliphatic rings. The van der Waals surface area contributed by atoms with Crippen molar-refractivity contribution in [1.82, 2.24) is 4.98 Å². The smallest absolute Gasteiger partial charge is 0.0992 e. The summed E-state index contributed by atoms with van der Waals surface area (Å²) in [6, 6.07) is 6.74. The highest BCUT2D eigenvalue weighted by molar-refractivity contribution is 5.29. The molecular formula is C9H8N4. The Bertz CT molecular complexity index is 372. The molecule has 1 aromatic heterocycles. The summed E-state index contributed by atoms with van der Waals surface area (Å²) in [5.74, 6) is 0. The lowest BCUT2D eigenvalue weighted by atomic mass is 10.1. The van der Waals surface area contributed by atoms with E-state index in [2.05, 4.69) is 4.98 Å². The summed E-state index contributed by atoms with van der Waals surface area (Å²) in [5, 5.41) is 17.0. The van der Waals surface area contributed by atoms with Crippen molar-refractivity contribution in [3.05, 3.63) is 29.6 Å². The summed E-state index contributed by atoms with van der Waals surface area (Å²) < 4.78 is 0. The second-order valence-electron chi connectivity index (χ2n) is 2.55. The first kappa shape index (κ1) is 9.18. The van der Waals surface area contributed by atoms with E-state index in [0.717, 1.165) is 0 Å². The molecule has 0 saturated heterocycles. The zero-order valence-electron chi connectivity index (χ0n) is 6.94. The minimum absolute atomic E-state index is 0.210. The molecule has 0 aromatic carbocycles. The van der Waals surface area contributed by atoms with Gasteiger partial charge in [0.05, 0.1) is 35.9 Å². The summed E-state index contributed by atoms with van der Waals surface area (Å²) >= 11 is 0. The first-order chi connectivity index (χ1) is 6.27. The van der Waals surface area contributed by atoms with Crippen molar-refractivity contribution in [1.29, 1.82) is 10.5 Å². The van der Waals surface area contributed by atoms with Crippen molar-refractivity contribution in [2.24, 2.45) is 5.73 Å². The maximum absolute atomic E-state index is 8.59. The van der Waals surface area contributed by atoms with Crippen molar-refractivity contribution in [2.45, 2.75) is 12.5 Å². The molecule has 0 amide bonds. The fourth-order valence-corrected chi connectivity index (χ4v) is 0.924. The molecule has 0 radical (unpaired) electrons. The Morgan fingerprint density at radius 3 is 2.92 bits per heavy atom. The molecular weight excluding hydrogens is 164 g/mol. The summed E-state index contributed by atoms with van der Waals surface area (Å²) in [7, 11) is 0. The van der Waals surface area contributed by atoms with Crippen LogP contribution >= 0.6 is 0 Å². The van der Waals surface area contributed by atoms with Crippen LogP contribution in [-0.4, -0.2) is 4.98 Å². The van der Waals surface area contributed by atoms with E-state index in [9.17, 15) is 0 Å². The van der Waals surface area contributed by atoms with Crippen molar-refractivity contribution in [3.63, 3.8) is 0 Å². The summed E-state index contributed by atoms with van der Waals surface area (Å²) in [6.07, 6.45) is 1.73. The van der Waals surface area contributed by atoms with E-state index < -0.39 is 6.04 Å². The number of nitrogens with two attached hydrogens (primary N) is 1. The van der Waals surface area contributed by atoms with Crippen molar-refractivity contribution in [3.8, 4) is 12.1 Å². The Kier molecular flexibility index (Phi) is 2.97. The van der Waals surface area contributed by atoms with Gasteiger partial charge < -0.3 is 5.73 Å². The molecule has 1 aromatic rings. The topological polar surface area (TPSA) is 86.5 Å². The van der Waals surface area contributed by atoms with E-state index in [-0.39, 0.29) is 6.42 Å². The van der Waals surface area contributed by atoms with Gasteiger partial charge in [0.25, 0.3) is 0 Å². The SMILES string of the molecule is N#CCC(N)c1cc(C#N)ccn1. The lowest BCUT2D eigenvalue weighted by molar-refractivity contribution is 0.719. The summed E-state index contributed by atoms with van der Waals surface area (Å²) in [4.78, 5) is 3.98. The van der Waals surface area contributed by atoms with E-state index in [4.69, 9.17) is 16.3 Å². The van der Waals surface area contributed by atoms with Gasteiger partial charge >= 0.3 is 0 Å². The summed E-state index contributed by atoms with van der Waals surface area (Å²) in [5.41, 5.74) is 6.73. The average molecular weight is 172 g/mol. The number of nitriles is 2. The van der Waals surface area contributed by atoms with Gasteiger partial charge in [-0.3, -0.25) is 4.98 Å². The minimum atomic E-state index is -0.404. The molecule has 0 aliphatic carbocycles. The van der Waals surface area contributed by atoms with Crippen LogP contribution in [0.5, 0.6) is 0 Å². The van der Waals surface area contributed by atoms with E-state index >= 15 is 0 Å². The fourth-order valence-electron chi connectivity index (χ4n) is 0.924. The molecule has 4 nitrogen and oxygen atoms in total. The molecule has 1 rings (SSSR count). The third-order valence-corrected chi connectivity index (χ3v) is 1.60. The average Bonchev–Trinajstić information content (AvgIpc) is 2.18. The number of aromatic nitrogens is 1. The lowest BCUT2D eigenvalue weighted by Gasteiger charge is -2.05. The van der Waals surface area contributed by atoms with Crippen molar-refractivity contribution in [2.75, 3.05) is 0 Å². The van der Waals surface area contributed by atoms with E-state index in [0.29, 0.717) is 11.3 Å². The first-order valence-corrected chi connectivity index (χ1v) is 3.76. The van der Waals surface area contributed by atoms with Crippen LogP contribution in [0, 0.1) is 22.7 Å². The van der Waals surface area contributed by atoms with E-state index in [1.54, 1.807) is 12.1 Å². The molecule has 0 aliphatic heterocycles. The summed E-state index contributed by atoms with van der Waals surface area (Å²) in [6.45, 7) is 0. The van der Waals surface area contributed by atoms with Crippen molar-refractivity contribution < 1.29 is 0 Å². The molecule has 1 heterocycles. The van der Waals surface area contributed by atoms with Crippen LogP contribution in [0.2, 0.25) is 0 Å². The van der Waals surface area contributed by atoms with Gasteiger partial charge in [-0.05, 0) is 12.1 Å². The molecule has 64 valence electrons. The Hall–Kier alpha value is -1.91. The molecule has 0 spiro atoms.